The topological polar surface area (TPSA) is 133 Å². The number of carbonyl (C=O) groups is 1. The largest absolute Gasteiger partial charge is 0.458 e. The molecule has 0 aromatic rings. The standard InChI is InChI=1S/C34H49ClO10/c1-19-14-24(13-11-9-8-10-12-23-16-25(23)35)43-28(36)18-34(39)17-27(21(3)29(45-34)20(2)26(15-19)40-6)44-32-31(41-7)33(5,38)30(37)22(4)42-32/h8-9,11,13,15,20-27,29-32,37-39H,14,16-18H2,1-7H3/b9-8+,13-11+,19-15+/t20-,21-,22-,23+,24+,25+,26-,27+,29+,30-,31-,32+,33+,34+/m1/s1. The minimum absolute atomic E-state index is 0.0690. The highest BCUT2D eigenvalue weighted by molar-refractivity contribution is 6.22. The van der Waals surface area contributed by atoms with Crippen LogP contribution in [0, 0.1) is 29.6 Å². The Morgan fingerprint density at radius 2 is 1.84 bits per heavy atom. The van der Waals surface area contributed by atoms with E-state index in [1.54, 1.807) is 38.3 Å². The summed E-state index contributed by atoms with van der Waals surface area (Å²) in [6.07, 6.45) is 3.64. The Bertz CT molecular complexity index is 1190. The molecule has 3 aliphatic heterocycles. The summed E-state index contributed by atoms with van der Waals surface area (Å²) in [5.74, 6) is 3.23. The van der Waals surface area contributed by atoms with E-state index in [0.717, 1.165) is 12.0 Å². The van der Waals surface area contributed by atoms with E-state index in [9.17, 15) is 20.1 Å². The highest BCUT2D eigenvalue weighted by Gasteiger charge is 2.55. The van der Waals surface area contributed by atoms with Gasteiger partial charge in [0.2, 0.25) is 0 Å². The quantitative estimate of drug-likeness (QED) is 0.129. The molecule has 10 nitrogen and oxygen atoms in total. The number of fused-ring (bicyclic) bond motifs is 2. The normalized spacial score (nSPS) is 47.2. The summed E-state index contributed by atoms with van der Waals surface area (Å²) in [7, 11) is 3.02. The summed E-state index contributed by atoms with van der Waals surface area (Å²) in [6.45, 7) is 8.98. The SMILES string of the molecule is CO[C@@H]1[C@H](O[C@H]2C[C@@]3(O)CC(=O)O[C@@H](/C=C/C=C/C#C[C@H]4C[C@@H]4Cl)C/C(C)=C/[C@@H](OC)[C@@H](C)[C@H](O3)[C@@H]2C)O[C@H](C)[C@@H](O)[C@]1(C)O. The molecule has 3 heterocycles. The second kappa shape index (κ2) is 15.0. The fraction of sp³-hybridized carbons (Fsp3) is 0.735. The molecule has 3 fully saturated rings. The molecule has 14 atom stereocenters. The van der Waals surface area contributed by atoms with Crippen molar-refractivity contribution < 1.29 is 48.5 Å². The van der Waals surface area contributed by atoms with Crippen molar-refractivity contribution in [1.82, 2.24) is 0 Å². The average molecular weight is 653 g/mol. The molecule has 0 radical (unpaired) electrons. The van der Waals surface area contributed by atoms with Gasteiger partial charge in [0.25, 0.3) is 0 Å². The first kappa shape index (κ1) is 36.1. The van der Waals surface area contributed by atoms with E-state index >= 15 is 0 Å². The van der Waals surface area contributed by atoms with Gasteiger partial charge in [0.15, 0.2) is 12.1 Å². The fourth-order valence-electron chi connectivity index (χ4n) is 6.53. The summed E-state index contributed by atoms with van der Waals surface area (Å²) in [6, 6.07) is 0. The van der Waals surface area contributed by atoms with Gasteiger partial charge in [-0.1, -0.05) is 49.5 Å². The Morgan fingerprint density at radius 3 is 2.49 bits per heavy atom. The van der Waals surface area contributed by atoms with E-state index in [0.29, 0.717) is 6.42 Å². The molecule has 45 heavy (non-hydrogen) atoms. The van der Waals surface area contributed by atoms with E-state index in [1.807, 2.05) is 26.8 Å². The summed E-state index contributed by atoms with van der Waals surface area (Å²) in [4.78, 5) is 13.3. The van der Waals surface area contributed by atoms with Crippen LogP contribution in [0.15, 0.2) is 36.0 Å². The molecule has 2 bridgehead atoms. The van der Waals surface area contributed by atoms with Gasteiger partial charge in [-0.3, -0.25) is 4.79 Å². The van der Waals surface area contributed by atoms with E-state index < -0.39 is 66.7 Å². The van der Waals surface area contributed by atoms with E-state index in [-0.39, 0.29) is 35.7 Å². The Kier molecular flexibility index (Phi) is 12.0. The van der Waals surface area contributed by atoms with E-state index in [4.69, 9.17) is 40.0 Å². The molecule has 1 aliphatic carbocycles. The van der Waals surface area contributed by atoms with Gasteiger partial charge in [0, 0.05) is 50.2 Å². The van der Waals surface area contributed by atoms with Crippen LogP contribution in [0.1, 0.15) is 60.3 Å². The lowest BCUT2D eigenvalue weighted by molar-refractivity contribution is -0.362. The third kappa shape index (κ3) is 8.78. The van der Waals surface area contributed by atoms with Crippen LogP contribution >= 0.6 is 11.6 Å². The molecule has 0 unspecified atom stereocenters. The van der Waals surface area contributed by atoms with Gasteiger partial charge in [-0.05, 0) is 39.3 Å². The average Bonchev–Trinajstić information content (AvgIpc) is 3.67. The van der Waals surface area contributed by atoms with Crippen molar-refractivity contribution in [3.05, 3.63) is 36.0 Å². The minimum Gasteiger partial charge on any atom is -0.458 e. The summed E-state index contributed by atoms with van der Waals surface area (Å²) < 4.78 is 35.9. The molecular formula is C34H49ClO10. The minimum atomic E-state index is -1.92. The van der Waals surface area contributed by atoms with Crippen molar-refractivity contribution >= 4 is 17.6 Å². The lowest BCUT2D eigenvalue weighted by atomic mass is 9.79. The maximum absolute atomic E-state index is 13.3. The highest BCUT2D eigenvalue weighted by atomic mass is 35.5. The Morgan fingerprint density at radius 1 is 1.13 bits per heavy atom. The number of carbonyl (C=O) groups excluding carboxylic acids is 1. The molecule has 0 amide bonds. The smallest absolute Gasteiger partial charge is 0.311 e. The molecule has 3 N–H and O–H groups in total. The van der Waals surface area contributed by atoms with Gasteiger partial charge < -0.3 is 43.7 Å². The van der Waals surface area contributed by atoms with Gasteiger partial charge in [-0.25, -0.2) is 0 Å². The van der Waals surface area contributed by atoms with Gasteiger partial charge >= 0.3 is 5.97 Å². The zero-order valence-electron chi connectivity index (χ0n) is 27.2. The van der Waals surface area contributed by atoms with Crippen molar-refractivity contribution in [1.29, 1.82) is 0 Å². The first-order valence-corrected chi connectivity index (χ1v) is 16.1. The Labute approximate surface area is 271 Å². The van der Waals surface area contributed by atoms with Crippen LogP contribution < -0.4 is 0 Å². The number of aliphatic hydroxyl groups excluding tert-OH is 1. The molecule has 4 rings (SSSR count). The van der Waals surface area contributed by atoms with Crippen molar-refractivity contribution in [3.63, 3.8) is 0 Å². The summed E-state index contributed by atoms with van der Waals surface area (Å²) in [5.41, 5.74) is -0.699. The van der Waals surface area contributed by atoms with Crippen LogP contribution in [-0.4, -0.2) is 101 Å². The Balaban J connectivity index is 1.58. The first-order chi connectivity index (χ1) is 21.2. The lowest BCUT2D eigenvalue weighted by Gasteiger charge is -2.51. The van der Waals surface area contributed by atoms with E-state index in [1.165, 1.54) is 14.0 Å². The number of esters is 1. The second-order valence-electron chi connectivity index (χ2n) is 13.2. The number of rotatable bonds is 6. The maximum atomic E-state index is 13.3. The number of hydrogen-bond donors (Lipinski definition) is 3. The summed E-state index contributed by atoms with van der Waals surface area (Å²) in [5, 5.41) is 33.6. The maximum Gasteiger partial charge on any atom is 0.311 e. The number of allylic oxidation sites excluding steroid dienone is 3. The van der Waals surface area contributed by atoms with Gasteiger partial charge in [0.05, 0.1) is 30.8 Å². The predicted octanol–water partition coefficient (Wildman–Crippen LogP) is 3.40. The number of hydrogen-bond acceptors (Lipinski definition) is 10. The van der Waals surface area contributed by atoms with Crippen LogP contribution in [0.3, 0.4) is 0 Å². The van der Waals surface area contributed by atoms with Crippen LogP contribution in [0.5, 0.6) is 0 Å². The number of aliphatic hydroxyl groups is 3. The van der Waals surface area contributed by atoms with Crippen LogP contribution in [-0.2, 0) is 33.2 Å². The van der Waals surface area contributed by atoms with Gasteiger partial charge in [-0.15, -0.1) is 11.6 Å². The highest BCUT2D eigenvalue weighted by Crippen LogP contribution is 2.42. The zero-order valence-corrected chi connectivity index (χ0v) is 28.0. The summed E-state index contributed by atoms with van der Waals surface area (Å²) >= 11 is 5.99. The molecule has 252 valence electrons. The molecule has 0 aromatic carbocycles. The van der Waals surface area contributed by atoms with Crippen molar-refractivity contribution in [2.45, 2.75) is 126 Å². The van der Waals surface area contributed by atoms with Crippen molar-refractivity contribution in [2.75, 3.05) is 14.2 Å². The first-order valence-electron chi connectivity index (χ1n) is 15.7. The Hall–Kier alpha value is -1.78. The molecule has 4 aliphatic rings. The van der Waals surface area contributed by atoms with Gasteiger partial charge in [-0.2, -0.15) is 0 Å². The van der Waals surface area contributed by atoms with Crippen molar-refractivity contribution in [3.8, 4) is 11.8 Å². The molecule has 1 saturated carbocycles. The fourth-order valence-corrected chi connectivity index (χ4v) is 6.78. The molecule has 2 saturated heterocycles. The lowest BCUT2D eigenvalue weighted by Crippen LogP contribution is -2.66. The van der Waals surface area contributed by atoms with E-state index in [2.05, 4.69) is 11.8 Å². The van der Waals surface area contributed by atoms with Crippen molar-refractivity contribution in [2.24, 2.45) is 17.8 Å². The van der Waals surface area contributed by atoms with Crippen LogP contribution in [0.25, 0.3) is 0 Å². The molecule has 11 heteroatoms. The number of methoxy groups -OCH3 is 2. The molecule has 0 spiro atoms. The molecular weight excluding hydrogens is 604 g/mol. The number of alkyl halides is 1. The number of ether oxygens (including phenoxy) is 6. The van der Waals surface area contributed by atoms with Crippen LogP contribution in [0.2, 0.25) is 0 Å². The zero-order chi connectivity index (χ0) is 33.1. The van der Waals surface area contributed by atoms with Crippen LogP contribution in [0.4, 0.5) is 0 Å². The monoisotopic (exact) mass is 652 g/mol. The third-order valence-corrected chi connectivity index (χ3v) is 9.82. The number of halogens is 1. The second-order valence-corrected chi connectivity index (χ2v) is 13.7. The molecule has 0 aromatic heterocycles. The number of cyclic esters (lactones) is 1. The predicted molar refractivity (Wildman–Crippen MR) is 167 cm³/mol. The van der Waals surface area contributed by atoms with Gasteiger partial charge in [0.1, 0.15) is 23.9 Å². The third-order valence-electron chi connectivity index (χ3n) is 9.34.